The highest BCUT2D eigenvalue weighted by Crippen LogP contribution is 2.40. The monoisotopic (exact) mass is 208 g/mol. The lowest BCUT2D eigenvalue weighted by Gasteiger charge is -2.06. The lowest BCUT2D eigenvalue weighted by Crippen LogP contribution is -2.05. The van der Waals surface area contributed by atoms with E-state index in [4.69, 9.17) is 27.3 Å². The third-order valence-electron chi connectivity index (χ3n) is 2.29. The van der Waals surface area contributed by atoms with Gasteiger partial charge in [-0.3, -0.25) is 0 Å². The second-order valence-electron chi connectivity index (χ2n) is 3.37. The summed E-state index contributed by atoms with van der Waals surface area (Å²) in [6, 6.07) is 3.65. The summed E-state index contributed by atoms with van der Waals surface area (Å²) in [6.07, 6.45) is 0.764. The van der Waals surface area contributed by atoms with E-state index >= 15 is 0 Å². The van der Waals surface area contributed by atoms with Crippen LogP contribution in [0.2, 0.25) is 5.02 Å². The number of nitrogens with zero attached hydrogens (tertiary/aromatic N) is 1. The van der Waals surface area contributed by atoms with Crippen molar-refractivity contribution >= 4 is 17.3 Å². The smallest absolute Gasteiger partial charge is 0.143 e. The van der Waals surface area contributed by atoms with Crippen molar-refractivity contribution in [1.29, 1.82) is 5.26 Å². The highest BCUT2D eigenvalue weighted by molar-refractivity contribution is 6.32. The van der Waals surface area contributed by atoms with Gasteiger partial charge in [-0.15, -0.1) is 0 Å². The molecule has 1 aromatic rings. The molecule has 0 aliphatic carbocycles. The van der Waals surface area contributed by atoms with Gasteiger partial charge in [-0.2, -0.15) is 5.26 Å². The van der Waals surface area contributed by atoms with Crippen molar-refractivity contribution in [2.24, 2.45) is 0 Å². The Morgan fingerprint density at radius 3 is 3.07 bits per heavy atom. The van der Waals surface area contributed by atoms with Crippen LogP contribution in [0.3, 0.4) is 0 Å². The van der Waals surface area contributed by atoms with Gasteiger partial charge in [0.15, 0.2) is 0 Å². The predicted octanol–water partition coefficient (Wildman–Crippen LogP) is 2.12. The van der Waals surface area contributed by atoms with Crippen molar-refractivity contribution in [3.05, 3.63) is 22.2 Å². The van der Waals surface area contributed by atoms with Crippen LogP contribution in [0.1, 0.15) is 18.1 Å². The molecule has 0 saturated heterocycles. The van der Waals surface area contributed by atoms with Crippen LogP contribution >= 0.6 is 11.6 Å². The fourth-order valence-corrected chi connectivity index (χ4v) is 1.97. The van der Waals surface area contributed by atoms with Crippen LogP contribution in [0.25, 0.3) is 0 Å². The fourth-order valence-electron chi connectivity index (χ4n) is 1.69. The van der Waals surface area contributed by atoms with Gasteiger partial charge in [0, 0.05) is 12.0 Å². The maximum absolute atomic E-state index is 8.93. The lowest BCUT2D eigenvalue weighted by molar-refractivity contribution is 0.255. The van der Waals surface area contributed by atoms with E-state index in [0.29, 0.717) is 28.4 Å². The van der Waals surface area contributed by atoms with E-state index in [9.17, 15) is 0 Å². The number of nitrogens with two attached hydrogens (primary N) is 1. The third kappa shape index (κ3) is 1.19. The summed E-state index contributed by atoms with van der Waals surface area (Å²) in [6.45, 7) is 1.94. The van der Waals surface area contributed by atoms with E-state index in [-0.39, 0.29) is 6.10 Å². The van der Waals surface area contributed by atoms with Crippen LogP contribution in [0.4, 0.5) is 5.69 Å². The van der Waals surface area contributed by atoms with Gasteiger partial charge < -0.3 is 10.5 Å². The number of hydrogen-bond acceptors (Lipinski definition) is 3. The van der Waals surface area contributed by atoms with Crippen molar-refractivity contribution in [2.45, 2.75) is 19.4 Å². The molecular formula is C10H9ClN2O. The topological polar surface area (TPSA) is 59.0 Å². The van der Waals surface area contributed by atoms with Gasteiger partial charge in [0.2, 0.25) is 0 Å². The third-order valence-corrected chi connectivity index (χ3v) is 2.57. The zero-order valence-electron chi connectivity index (χ0n) is 7.67. The van der Waals surface area contributed by atoms with Crippen LogP contribution in [0, 0.1) is 11.3 Å². The van der Waals surface area contributed by atoms with Gasteiger partial charge in [0.1, 0.15) is 17.9 Å². The minimum Gasteiger partial charge on any atom is -0.488 e. The number of halogens is 1. The molecule has 72 valence electrons. The Labute approximate surface area is 87.0 Å². The molecule has 1 atom stereocenters. The van der Waals surface area contributed by atoms with E-state index in [1.165, 1.54) is 0 Å². The number of ether oxygens (including phenoxy) is 1. The van der Waals surface area contributed by atoms with Crippen LogP contribution in [0.5, 0.6) is 5.75 Å². The normalized spacial score (nSPS) is 18.5. The van der Waals surface area contributed by atoms with Crippen LogP contribution in [0.15, 0.2) is 6.07 Å². The molecule has 0 bridgehead atoms. The molecule has 1 aromatic carbocycles. The minimum absolute atomic E-state index is 0.0661. The number of anilines is 1. The molecule has 0 aromatic heterocycles. The van der Waals surface area contributed by atoms with Gasteiger partial charge >= 0.3 is 0 Å². The second-order valence-corrected chi connectivity index (χ2v) is 3.78. The maximum Gasteiger partial charge on any atom is 0.143 e. The van der Waals surface area contributed by atoms with E-state index < -0.39 is 0 Å². The Hall–Kier alpha value is -1.40. The number of fused-ring (bicyclic) bond motifs is 1. The standard InChI is InChI=1S/C10H9ClN2O/c1-5-2-6-7(4-12)9(13)3-8(11)10(6)14-5/h3,5H,2,13H2,1H3. The first-order valence-corrected chi connectivity index (χ1v) is 4.69. The molecule has 4 heteroatoms. The van der Waals surface area contributed by atoms with Crippen molar-refractivity contribution in [3.63, 3.8) is 0 Å². The first-order valence-electron chi connectivity index (χ1n) is 4.31. The Morgan fingerprint density at radius 1 is 1.71 bits per heavy atom. The van der Waals surface area contributed by atoms with Crippen molar-refractivity contribution in [1.82, 2.24) is 0 Å². The quantitative estimate of drug-likeness (QED) is 0.665. The van der Waals surface area contributed by atoms with Gasteiger partial charge in [-0.05, 0) is 13.0 Å². The Morgan fingerprint density at radius 2 is 2.43 bits per heavy atom. The molecule has 0 saturated carbocycles. The molecular weight excluding hydrogens is 200 g/mol. The van der Waals surface area contributed by atoms with Crippen molar-refractivity contribution in [2.75, 3.05) is 5.73 Å². The molecule has 0 spiro atoms. The Bertz CT molecular complexity index is 437. The highest BCUT2D eigenvalue weighted by Gasteiger charge is 2.26. The molecule has 1 heterocycles. The second kappa shape index (κ2) is 3.07. The molecule has 3 nitrogen and oxygen atoms in total. The average molecular weight is 209 g/mol. The summed E-state index contributed by atoms with van der Waals surface area (Å²) in [5.41, 5.74) is 7.45. The zero-order valence-corrected chi connectivity index (χ0v) is 8.43. The SMILES string of the molecule is CC1Cc2c(C#N)c(N)cc(Cl)c2O1. The van der Waals surface area contributed by atoms with Gasteiger partial charge in [-0.25, -0.2) is 0 Å². The van der Waals surface area contributed by atoms with Gasteiger partial charge in [-0.1, -0.05) is 11.6 Å². The minimum atomic E-state index is 0.0661. The van der Waals surface area contributed by atoms with Crippen molar-refractivity contribution in [3.8, 4) is 11.8 Å². The fraction of sp³-hybridized carbons (Fsp3) is 0.300. The first-order chi connectivity index (χ1) is 6.63. The summed E-state index contributed by atoms with van der Waals surface area (Å²) in [4.78, 5) is 0. The number of benzene rings is 1. The molecule has 2 N–H and O–H groups in total. The number of rotatable bonds is 0. The molecule has 1 aliphatic rings. The van der Waals surface area contributed by atoms with Crippen LogP contribution < -0.4 is 10.5 Å². The molecule has 1 aliphatic heterocycles. The summed E-state index contributed by atoms with van der Waals surface area (Å²) in [7, 11) is 0. The summed E-state index contributed by atoms with van der Waals surface area (Å²) in [5.74, 6) is 0.616. The number of nitrogen functional groups attached to an aromatic ring is 1. The average Bonchev–Trinajstić information content (AvgIpc) is 2.48. The van der Waals surface area contributed by atoms with E-state index in [1.807, 2.05) is 6.92 Å². The largest absolute Gasteiger partial charge is 0.488 e. The van der Waals surface area contributed by atoms with E-state index in [0.717, 1.165) is 5.56 Å². The van der Waals surface area contributed by atoms with E-state index in [1.54, 1.807) is 6.07 Å². The lowest BCUT2D eigenvalue weighted by atomic mass is 10.0. The molecule has 0 fully saturated rings. The Kier molecular flexibility index (Phi) is 2.01. The Balaban J connectivity index is 2.68. The summed E-state index contributed by atoms with van der Waals surface area (Å²) in [5, 5.41) is 9.42. The molecule has 14 heavy (non-hydrogen) atoms. The van der Waals surface area contributed by atoms with E-state index in [2.05, 4.69) is 6.07 Å². The first kappa shape index (κ1) is 9.17. The van der Waals surface area contributed by atoms with Crippen LogP contribution in [-0.4, -0.2) is 6.10 Å². The molecule has 1 unspecified atom stereocenters. The number of hydrogen-bond donors (Lipinski definition) is 1. The molecule has 0 radical (unpaired) electrons. The molecule has 2 rings (SSSR count). The predicted molar refractivity (Wildman–Crippen MR) is 54.4 cm³/mol. The summed E-state index contributed by atoms with van der Waals surface area (Å²) >= 11 is 5.95. The molecule has 0 amide bonds. The number of nitriles is 1. The van der Waals surface area contributed by atoms with Crippen molar-refractivity contribution < 1.29 is 4.74 Å². The zero-order chi connectivity index (χ0) is 10.3. The highest BCUT2D eigenvalue weighted by atomic mass is 35.5. The summed E-state index contributed by atoms with van der Waals surface area (Å²) < 4.78 is 5.50. The van der Waals surface area contributed by atoms with Gasteiger partial charge in [0.25, 0.3) is 0 Å². The maximum atomic E-state index is 8.93. The van der Waals surface area contributed by atoms with Crippen LogP contribution in [-0.2, 0) is 6.42 Å². The van der Waals surface area contributed by atoms with Gasteiger partial charge in [0.05, 0.1) is 16.3 Å².